The Balaban J connectivity index is 1.62. The molecule has 0 aliphatic heterocycles. The molecule has 0 radical (unpaired) electrons. The first-order chi connectivity index (χ1) is 12.5. The third-order valence-corrected chi connectivity index (χ3v) is 4.44. The van der Waals surface area contributed by atoms with Crippen LogP contribution < -0.4 is 10.6 Å². The molecule has 2 amide bonds. The molecule has 0 spiro atoms. The van der Waals surface area contributed by atoms with Gasteiger partial charge in [0, 0.05) is 23.5 Å². The zero-order valence-electron chi connectivity index (χ0n) is 15.4. The van der Waals surface area contributed by atoms with E-state index in [-0.39, 0.29) is 6.03 Å². The molecule has 1 heterocycles. The van der Waals surface area contributed by atoms with Crippen LogP contribution in [0.25, 0.3) is 0 Å². The van der Waals surface area contributed by atoms with Gasteiger partial charge in [-0.3, -0.25) is 4.68 Å². The van der Waals surface area contributed by atoms with E-state index in [9.17, 15) is 4.79 Å². The number of aryl methyl sites for hydroxylation is 2. The second kappa shape index (κ2) is 7.87. The van der Waals surface area contributed by atoms with Crippen molar-refractivity contribution in [2.75, 3.05) is 5.32 Å². The summed E-state index contributed by atoms with van der Waals surface area (Å²) in [5, 5.41) is 10.4. The Kier molecular flexibility index (Phi) is 5.37. The van der Waals surface area contributed by atoms with Crippen LogP contribution in [0, 0.1) is 20.8 Å². The van der Waals surface area contributed by atoms with Gasteiger partial charge in [0.05, 0.1) is 12.2 Å². The fraction of sp³-hybridized carbons (Fsp3) is 0.238. The molecule has 3 rings (SSSR count). The minimum Gasteiger partial charge on any atom is -0.334 e. The Hall–Kier alpha value is -3.08. The summed E-state index contributed by atoms with van der Waals surface area (Å²) in [7, 11) is 0. The first-order valence-electron chi connectivity index (χ1n) is 8.71. The highest BCUT2D eigenvalue weighted by atomic mass is 16.2. The van der Waals surface area contributed by atoms with E-state index >= 15 is 0 Å². The Morgan fingerprint density at radius 2 is 1.69 bits per heavy atom. The fourth-order valence-corrected chi connectivity index (χ4v) is 2.88. The number of carbonyl (C=O) groups is 1. The Morgan fingerprint density at radius 3 is 2.38 bits per heavy atom. The van der Waals surface area contributed by atoms with Gasteiger partial charge >= 0.3 is 6.03 Å². The SMILES string of the molecule is Cc1ccc(NC(=O)NCc2c(C)nn(Cc3ccccc3)c2C)cc1. The van der Waals surface area contributed by atoms with Crippen LogP contribution in [0.5, 0.6) is 0 Å². The van der Waals surface area contributed by atoms with Gasteiger partial charge < -0.3 is 10.6 Å². The van der Waals surface area contributed by atoms with Crippen LogP contribution in [0.3, 0.4) is 0 Å². The maximum atomic E-state index is 12.1. The van der Waals surface area contributed by atoms with E-state index in [4.69, 9.17) is 0 Å². The zero-order chi connectivity index (χ0) is 18.5. The highest BCUT2D eigenvalue weighted by molar-refractivity contribution is 5.89. The normalized spacial score (nSPS) is 10.6. The summed E-state index contributed by atoms with van der Waals surface area (Å²) >= 11 is 0. The molecule has 0 bridgehead atoms. The van der Waals surface area contributed by atoms with Gasteiger partial charge in [-0.1, -0.05) is 48.0 Å². The third-order valence-electron chi connectivity index (χ3n) is 4.44. The van der Waals surface area contributed by atoms with Gasteiger partial charge in [-0.25, -0.2) is 4.79 Å². The van der Waals surface area contributed by atoms with Crippen molar-refractivity contribution in [2.45, 2.75) is 33.9 Å². The van der Waals surface area contributed by atoms with Crippen molar-refractivity contribution >= 4 is 11.7 Å². The molecule has 0 aliphatic carbocycles. The van der Waals surface area contributed by atoms with Gasteiger partial charge in [-0.15, -0.1) is 0 Å². The predicted molar refractivity (Wildman–Crippen MR) is 104 cm³/mol. The fourth-order valence-electron chi connectivity index (χ4n) is 2.88. The third kappa shape index (κ3) is 4.30. The maximum Gasteiger partial charge on any atom is 0.319 e. The number of nitrogens with zero attached hydrogens (tertiary/aromatic N) is 2. The molecule has 0 saturated carbocycles. The molecule has 26 heavy (non-hydrogen) atoms. The molecular formula is C21H24N4O. The highest BCUT2D eigenvalue weighted by Gasteiger charge is 2.13. The lowest BCUT2D eigenvalue weighted by molar-refractivity contribution is 0.251. The van der Waals surface area contributed by atoms with E-state index in [0.29, 0.717) is 6.54 Å². The van der Waals surface area contributed by atoms with Gasteiger partial charge in [-0.05, 0) is 38.5 Å². The number of hydrogen-bond acceptors (Lipinski definition) is 2. The summed E-state index contributed by atoms with van der Waals surface area (Å²) < 4.78 is 1.99. The quantitative estimate of drug-likeness (QED) is 0.727. The second-order valence-electron chi connectivity index (χ2n) is 6.47. The molecular weight excluding hydrogens is 324 g/mol. The first kappa shape index (κ1) is 17.7. The van der Waals surface area contributed by atoms with E-state index in [1.165, 1.54) is 5.56 Å². The van der Waals surface area contributed by atoms with Gasteiger partial charge in [-0.2, -0.15) is 5.10 Å². The largest absolute Gasteiger partial charge is 0.334 e. The number of aromatic nitrogens is 2. The lowest BCUT2D eigenvalue weighted by Crippen LogP contribution is -2.28. The van der Waals surface area contributed by atoms with E-state index in [2.05, 4.69) is 27.9 Å². The average molecular weight is 348 g/mol. The van der Waals surface area contributed by atoms with Gasteiger partial charge in [0.2, 0.25) is 0 Å². The number of rotatable bonds is 5. The molecule has 0 atom stereocenters. The van der Waals surface area contributed by atoms with Crippen molar-refractivity contribution < 1.29 is 4.79 Å². The van der Waals surface area contributed by atoms with Crippen molar-refractivity contribution in [1.29, 1.82) is 0 Å². The van der Waals surface area contributed by atoms with Crippen LogP contribution in [-0.4, -0.2) is 15.8 Å². The standard InChI is InChI=1S/C21H24N4O/c1-15-9-11-19(12-10-15)23-21(26)22-13-20-16(2)24-25(17(20)3)14-18-7-5-4-6-8-18/h4-12H,13-14H2,1-3H3,(H2,22,23,26). The van der Waals surface area contributed by atoms with E-state index in [1.54, 1.807) is 0 Å². The van der Waals surface area contributed by atoms with Crippen molar-refractivity contribution in [2.24, 2.45) is 0 Å². The Bertz CT molecular complexity index is 882. The summed E-state index contributed by atoms with van der Waals surface area (Å²) in [6, 6.07) is 17.7. The topological polar surface area (TPSA) is 59.0 Å². The van der Waals surface area contributed by atoms with Crippen LogP contribution in [0.2, 0.25) is 0 Å². The molecule has 5 heteroatoms. The molecule has 0 fully saturated rings. The van der Waals surface area contributed by atoms with Crippen LogP contribution in [-0.2, 0) is 13.1 Å². The van der Waals surface area contributed by atoms with E-state index in [1.807, 2.05) is 67.9 Å². The molecule has 1 aromatic heterocycles. The van der Waals surface area contributed by atoms with Gasteiger partial charge in [0.25, 0.3) is 0 Å². The minimum atomic E-state index is -0.219. The Labute approximate surface area is 154 Å². The van der Waals surface area contributed by atoms with Crippen molar-refractivity contribution in [3.63, 3.8) is 0 Å². The van der Waals surface area contributed by atoms with E-state index in [0.717, 1.165) is 34.7 Å². The monoisotopic (exact) mass is 348 g/mol. The van der Waals surface area contributed by atoms with Crippen molar-refractivity contribution in [1.82, 2.24) is 15.1 Å². The smallest absolute Gasteiger partial charge is 0.319 e. The van der Waals surface area contributed by atoms with Crippen LogP contribution >= 0.6 is 0 Å². The average Bonchev–Trinajstić information content (AvgIpc) is 2.89. The Morgan fingerprint density at radius 1 is 1.00 bits per heavy atom. The van der Waals surface area contributed by atoms with Gasteiger partial charge in [0.15, 0.2) is 0 Å². The molecule has 134 valence electrons. The maximum absolute atomic E-state index is 12.1. The zero-order valence-corrected chi connectivity index (χ0v) is 15.4. The van der Waals surface area contributed by atoms with Gasteiger partial charge in [0.1, 0.15) is 0 Å². The molecule has 5 nitrogen and oxygen atoms in total. The summed E-state index contributed by atoms with van der Waals surface area (Å²) in [6.45, 7) is 7.21. The molecule has 0 saturated heterocycles. The number of amides is 2. The van der Waals surface area contributed by atoms with Crippen molar-refractivity contribution in [3.05, 3.63) is 82.7 Å². The minimum absolute atomic E-state index is 0.219. The summed E-state index contributed by atoms with van der Waals surface area (Å²) in [5.41, 5.74) is 6.21. The summed E-state index contributed by atoms with van der Waals surface area (Å²) in [5.74, 6) is 0. The summed E-state index contributed by atoms with van der Waals surface area (Å²) in [6.07, 6.45) is 0. The number of nitrogens with one attached hydrogen (secondary N) is 2. The van der Waals surface area contributed by atoms with Crippen molar-refractivity contribution in [3.8, 4) is 0 Å². The van der Waals surface area contributed by atoms with Crippen LogP contribution in [0.1, 0.15) is 28.1 Å². The molecule has 0 unspecified atom stereocenters. The molecule has 3 aromatic rings. The second-order valence-corrected chi connectivity index (χ2v) is 6.47. The predicted octanol–water partition coefficient (Wildman–Crippen LogP) is 4.18. The number of carbonyl (C=O) groups excluding carboxylic acids is 1. The number of hydrogen-bond donors (Lipinski definition) is 2. The number of urea groups is 1. The first-order valence-corrected chi connectivity index (χ1v) is 8.71. The number of benzene rings is 2. The molecule has 0 aliphatic rings. The lowest BCUT2D eigenvalue weighted by Gasteiger charge is -2.09. The van der Waals surface area contributed by atoms with E-state index < -0.39 is 0 Å². The summed E-state index contributed by atoms with van der Waals surface area (Å²) in [4.78, 5) is 12.1. The molecule has 2 N–H and O–H groups in total. The lowest BCUT2D eigenvalue weighted by atomic mass is 10.2. The molecule has 2 aromatic carbocycles. The highest BCUT2D eigenvalue weighted by Crippen LogP contribution is 2.15. The van der Waals surface area contributed by atoms with Crippen LogP contribution in [0.15, 0.2) is 54.6 Å². The van der Waals surface area contributed by atoms with Crippen LogP contribution in [0.4, 0.5) is 10.5 Å². The number of anilines is 1.